The van der Waals surface area contributed by atoms with Crippen LogP contribution in [0.15, 0.2) is 28.7 Å². The van der Waals surface area contributed by atoms with Crippen LogP contribution in [-0.4, -0.2) is 52.3 Å². The zero-order valence-corrected chi connectivity index (χ0v) is 16.2. The first-order chi connectivity index (χ1) is 12.0. The molecule has 25 heavy (non-hydrogen) atoms. The van der Waals surface area contributed by atoms with E-state index in [0.717, 1.165) is 25.3 Å². The Morgan fingerprint density at radius 3 is 2.92 bits per heavy atom. The van der Waals surface area contributed by atoms with Gasteiger partial charge in [-0.05, 0) is 32.2 Å². The molecule has 134 valence electrons. The van der Waals surface area contributed by atoms with E-state index >= 15 is 0 Å². The Balaban J connectivity index is 1.62. The van der Waals surface area contributed by atoms with Crippen molar-refractivity contribution in [2.75, 3.05) is 24.7 Å². The predicted octanol–water partition coefficient (Wildman–Crippen LogP) is 3.12. The number of ether oxygens (including phenoxy) is 1. The molecule has 0 bridgehead atoms. The summed E-state index contributed by atoms with van der Waals surface area (Å²) in [6.07, 6.45) is 4.06. The summed E-state index contributed by atoms with van der Waals surface area (Å²) in [5.41, 5.74) is 1.54. The van der Waals surface area contributed by atoms with Crippen LogP contribution in [0.3, 0.4) is 0 Å². The summed E-state index contributed by atoms with van der Waals surface area (Å²) >= 11 is 2.90. The number of thiazole rings is 1. The average molecular weight is 379 g/mol. The molecule has 8 heteroatoms. The molecule has 0 unspecified atom stereocenters. The minimum Gasteiger partial charge on any atom is -0.373 e. The van der Waals surface area contributed by atoms with Crippen LogP contribution in [0.2, 0.25) is 0 Å². The fourth-order valence-corrected chi connectivity index (χ4v) is 4.21. The molecule has 0 spiro atoms. The van der Waals surface area contributed by atoms with Gasteiger partial charge in [0.2, 0.25) is 0 Å². The highest BCUT2D eigenvalue weighted by molar-refractivity contribution is 7.98. The van der Waals surface area contributed by atoms with Gasteiger partial charge in [-0.1, -0.05) is 0 Å². The Morgan fingerprint density at radius 1 is 1.44 bits per heavy atom. The maximum atomic E-state index is 12.5. The second kappa shape index (κ2) is 8.27. The van der Waals surface area contributed by atoms with Crippen LogP contribution >= 0.6 is 23.1 Å². The largest absolute Gasteiger partial charge is 0.373 e. The highest BCUT2D eigenvalue weighted by Crippen LogP contribution is 2.22. The topological polar surface area (TPSA) is 67.4 Å². The molecule has 1 fully saturated rings. The number of hydrogen-bond acceptors (Lipinski definition) is 7. The molecule has 1 amide bonds. The normalized spacial score (nSPS) is 21.2. The molecule has 3 rings (SSSR count). The van der Waals surface area contributed by atoms with Crippen LogP contribution in [-0.2, 0) is 11.3 Å². The number of carbonyl (C=O) groups is 1. The smallest absolute Gasteiger partial charge is 0.260 e. The van der Waals surface area contributed by atoms with Gasteiger partial charge in [0.25, 0.3) is 5.91 Å². The molecule has 1 saturated heterocycles. The molecular weight excluding hydrogens is 356 g/mol. The molecule has 6 nitrogen and oxygen atoms in total. The zero-order chi connectivity index (χ0) is 17.8. The van der Waals surface area contributed by atoms with E-state index in [1.54, 1.807) is 18.3 Å². The third-order valence-corrected chi connectivity index (χ3v) is 5.38. The van der Waals surface area contributed by atoms with Gasteiger partial charge in [-0.15, -0.1) is 23.1 Å². The first-order valence-electron chi connectivity index (χ1n) is 8.17. The summed E-state index contributed by atoms with van der Waals surface area (Å²) in [7, 11) is 0. The maximum absolute atomic E-state index is 12.5. The van der Waals surface area contributed by atoms with Gasteiger partial charge in [0, 0.05) is 31.2 Å². The van der Waals surface area contributed by atoms with Crippen molar-refractivity contribution in [2.45, 2.75) is 37.6 Å². The van der Waals surface area contributed by atoms with Crippen molar-refractivity contribution >= 4 is 34.1 Å². The van der Waals surface area contributed by atoms with E-state index in [2.05, 4.69) is 34.0 Å². The Morgan fingerprint density at radius 2 is 2.20 bits per heavy atom. The molecule has 1 aliphatic heterocycles. The molecule has 1 aliphatic rings. The van der Waals surface area contributed by atoms with Gasteiger partial charge in [0.05, 0.1) is 23.5 Å². The number of carbonyl (C=O) groups excluding carboxylic acids is 1. The van der Waals surface area contributed by atoms with Crippen LogP contribution in [0.5, 0.6) is 0 Å². The summed E-state index contributed by atoms with van der Waals surface area (Å²) in [6, 6.07) is 3.54. The minimum atomic E-state index is -0.174. The monoisotopic (exact) mass is 378 g/mol. The van der Waals surface area contributed by atoms with Gasteiger partial charge >= 0.3 is 0 Å². The van der Waals surface area contributed by atoms with E-state index in [9.17, 15) is 4.79 Å². The third kappa shape index (κ3) is 4.78. The summed E-state index contributed by atoms with van der Waals surface area (Å²) in [6.45, 7) is 6.75. The second-order valence-corrected chi connectivity index (χ2v) is 7.76. The molecule has 3 heterocycles. The summed E-state index contributed by atoms with van der Waals surface area (Å²) < 4.78 is 5.76. The number of aromatic nitrogens is 2. The van der Waals surface area contributed by atoms with E-state index in [0.29, 0.717) is 15.7 Å². The van der Waals surface area contributed by atoms with E-state index in [-0.39, 0.29) is 18.1 Å². The number of hydrogen-bond donors (Lipinski definition) is 1. The zero-order valence-electron chi connectivity index (χ0n) is 14.6. The van der Waals surface area contributed by atoms with Crippen LogP contribution in [0.1, 0.15) is 29.9 Å². The summed E-state index contributed by atoms with van der Waals surface area (Å²) in [5.74, 6) is -0.174. The van der Waals surface area contributed by atoms with E-state index in [1.165, 1.54) is 23.1 Å². The molecule has 2 atom stereocenters. The summed E-state index contributed by atoms with van der Waals surface area (Å²) in [4.78, 5) is 23.6. The molecule has 0 saturated carbocycles. The van der Waals surface area contributed by atoms with E-state index in [1.807, 2.05) is 11.6 Å². The van der Waals surface area contributed by atoms with Gasteiger partial charge in [-0.3, -0.25) is 15.0 Å². The lowest BCUT2D eigenvalue weighted by atomic mass is 10.2. The van der Waals surface area contributed by atoms with Crippen molar-refractivity contribution in [2.24, 2.45) is 0 Å². The SMILES string of the molecule is CSc1ncccc1C(=O)Nc1nc(CN2C[C@H](C)O[C@@H](C)C2)cs1. The fourth-order valence-electron chi connectivity index (χ4n) is 2.97. The fraction of sp³-hybridized carbons (Fsp3) is 0.471. The third-order valence-electron chi connectivity index (χ3n) is 3.86. The summed E-state index contributed by atoms with van der Waals surface area (Å²) in [5, 5.41) is 6.21. The number of pyridine rings is 1. The Kier molecular flexibility index (Phi) is 6.06. The quantitative estimate of drug-likeness (QED) is 0.807. The number of amides is 1. The predicted molar refractivity (Wildman–Crippen MR) is 101 cm³/mol. The lowest BCUT2D eigenvalue weighted by molar-refractivity contribution is -0.0707. The average Bonchev–Trinajstić information content (AvgIpc) is 3.00. The Hall–Kier alpha value is -1.48. The molecule has 0 aliphatic carbocycles. The molecule has 2 aromatic rings. The number of rotatable bonds is 5. The van der Waals surface area contributed by atoms with Gasteiger partial charge in [0.15, 0.2) is 5.13 Å². The number of nitrogens with zero attached hydrogens (tertiary/aromatic N) is 3. The van der Waals surface area contributed by atoms with Crippen LogP contribution in [0.25, 0.3) is 0 Å². The number of anilines is 1. The van der Waals surface area contributed by atoms with Gasteiger partial charge in [-0.25, -0.2) is 9.97 Å². The van der Waals surface area contributed by atoms with Crippen LogP contribution in [0.4, 0.5) is 5.13 Å². The first kappa shape index (κ1) is 18.3. The van der Waals surface area contributed by atoms with Crippen LogP contribution < -0.4 is 5.32 Å². The Labute approximate surface area is 156 Å². The standard InChI is InChI=1S/C17H22N4O2S2/c1-11-7-21(8-12(2)23-11)9-13-10-25-17(19-13)20-15(22)14-5-4-6-18-16(14)24-3/h4-6,10-12H,7-9H2,1-3H3,(H,19,20,22)/t11-,12-/m0/s1. The molecule has 0 radical (unpaired) electrons. The first-order valence-corrected chi connectivity index (χ1v) is 10.3. The van der Waals surface area contributed by atoms with Crippen molar-refractivity contribution in [3.8, 4) is 0 Å². The number of thioether (sulfide) groups is 1. The van der Waals surface area contributed by atoms with Gasteiger partial charge < -0.3 is 4.74 Å². The van der Waals surface area contributed by atoms with Gasteiger partial charge in [0.1, 0.15) is 5.03 Å². The van der Waals surface area contributed by atoms with Crippen molar-refractivity contribution in [1.29, 1.82) is 0 Å². The van der Waals surface area contributed by atoms with Crippen molar-refractivity contribution in [3.05, 3.63) is 35.0 Å². The molecule has 2 aromatic heterocycles. The van der Waals surface area contributed by atoms with Crippen LogP contribution in [0, 0.1) is 0 Å². The lowest BCUT2D eigenvalue weighted by Crippen LogP contribution is -2.44. The molecular formula is C17H22N4O2S2. The van der Waals surface area contributed by atoms with E-state index in [4.69, 9.17) is 4.74 Å². The maximum Gasteiger partial charge on any atom is 0.260 e. The molecule has 1 N–H and O–H groups in total. The van der Waals surface area contributed by atoms with Crippen molar-refractivity contribution in [1.82, 2.24) is 14.9 Å². The minimum absolute atomic E-state index is 0.174. The Bertz CT molecular complexity index is 727. The second-order valence-electron chi connectivity index (χ2n) is 6.11. The highest BCUT2D eigenvalue weighted by Gasteiger charge is 2.23. The molecule has 0 aromatic carbocycles. The van der Waals surface area contributed by atoms with E-state index < -0.39 is 0 Å². The lowest BCUT2D eigenvalue weighted by Gasteiger charge is -2.34. The highest BCUT2D eigenvalue weighted by atomic mass is 32.2. The van der Waals surface area contributed by atoms with Gasteiger partial charge in [-0.2, -0.15) is 0 Å². The number of nitrogens with one attached hydrogen (secondary N) is 1. The number of morpholine rings is 1. The van der Waals surface area contributed by atoms with Crippen molar-refractivity contribution < 1.29 is 9.53 Å². The van der Waals surface area contributed by atoms with Crippen molar-refractivity contribution in [3.63, 3.8) is 0 Å².